The van der Waals surface area contributed by atoms with Crippen molar-refractivity contribution in [3.05, 3.63) is 59.8 Å². The van der Waals surface area contributed by atoms with Crippen LogP contribution in [-0.2, 0) is 4.79 Å². The molecule has 1 aromatic heterocycles. The van der Waals surface area contributed by atoms with Crippen LogP contribution in [0.2, 0.25) is 0 Å². The standard InChI is InChI=1S/C21H21N3O2/c25-21(26)16-8-6-15(7-9-16)20(14-4-2-1-3-5-14)23-18-10-11-19-17(12-18)13-22-24-19/h4,6-8,10-13,16H,1-3,5,9H2,(H,22,24)(H,25,26)/b23-20+. The molecule has 0 bridgehead atoms. The Morgan fingerprint density at radius 1 is 1.27 bits per heavy atom. The summed E-state index contributed by atoms with van der Waals surface area (Å²) in [5.41, 5.74) is 5.11. The number of benzene rings is 1. The van der Waals surface area contributed by atoms with Crippen LogP contribution in [0.5, 0.6) is 0 Å². The Labute approximate surface area is 151 Å². The molecular weight excluding hydrogens is 326 g/mol. The molecule has 0 spiro atoms. The number of nitrogens with one attached hydrogen (secondary N) is 1. The summed E-state index contributed by atoms with van der Waals surface area (Å²) in [5.74, 6) is -1.22. The Kier molecular flexibility index (Phi) is 4.52. The van der Waals surface area contributed by atoms with Crippen LogP contribution in [0.25, 0.3) is 10.9 Å². The third kappa shape index (κ3) is 3.38. The van der Waals surface area contributed by atoms with Crippen molar-refractivity contribution in [3.8, 4) is 0 Å². The fourth-order valence-electron chi connectivity index (χ4n) is 3.48. The molecule has 1 unspecified atom stereocenters. The van der Waals surface area contributed by atoms with Crippen molar-refractivity contribution < 1.29 is 9.90 Å². The molecule has 2 aliphatic rings. The summed E-state index contributed by atoms with van der Waals surface area (Å²) >= 11 is 0. The van der Waals surface area contributed by atoms with Crippen LogP contribution in [0, 0.1) is 5.92 Å². The minimum absolute atomic E-state index is 0.442. The number of nitrogens with zero attached hydrogens (tertiary/aromatic N) is 2. The van der Waals surface area contributed by atoms with E-state index in [1.165, 1.54) is 18.4 Å². The minimum atomic E-state index is -0.780. The van der Waals surface area contributed by atoms with Gasteiger partial charge >= 0.3 is 5.97 Å². The molecule has 2 aromatic rings. The summed E-state index contributed by atoms with van der Waals surface area (Å²) in [5, 5.41) is 17.2. The molecule has 0 radical (unpaired) electrons. The van der Waals surface area contributed by atoms with Gasteiger partial charge in [0.2, 0.25) is 0 Å². The minimum Gasteiger partial charge on any atom is -0.481 e. The lowest BCUT2D eigenvalue weighted by molar-refractivity contribution is -0.139. The molecule has 4 rings (SSSR count). The zero-order chi connectivity index (χ0) is 17.9. The van der Waals surface area contributed by atoms with Crippen LogP contribution in [-0.4, -0.2) is 27.0 Å². The van der Waals surface area contributed by atoms with E-state index in [4.69, 9.17) is 4.99 Å². The maximum absolute atomic E-state index is 11.2. The predicted molar refractivity (Wildman–Crippen MR) is 103 cm³/mol. The first-order chi connectivity index (χ1) is 12.7. The zero-order valence-corrected chi connectivity index (χ0v) is 14.5. The van der Waals surface area contributed by atoms with Crippen molar-refractivity contribution in [1.82, 2.24) is 10.2 Å². The molecule has 2 aliphatic carbocycles. The predicted octanol–water partition coefficient (Wildman–Crippen LogP) is 4.72. The molecule has 0 fully saturated rings. The summed E-state index contributed by atoms with van der Waals surface area (Å²) in [6, 6.07) is 5.99. The second-order valence-electron chi connectivity index (χ2n) is 6.78. The van der Waals surface area contributed by atoms with E-state index in [0.717, 1.165) is 40.7 Å². The van der Waals surface area contributed by atoms with Gasteiger partial charge in [-0.2, -0.15) is 5.10 Å². The number of aliphatic carboxylic acids is 1. The lowest BCUT2D eigenvalue weighted by Gasteiger charge is -2.19. The van der Waals surface area contributed by atoms with Gasteiger partial charge in [0.15, 0.2) is 0 Å². The van der Waals surface area contributed by atoms with Crippen molar-refractivity contribution in [1.29, 1.82) is 0 Å². The molecule has 0 saturated carbocycles. The molecular formula is C21H21N3O2. The van der Waals surface area contributed by atoms with Gasteiger partial charge in [-0.15, -0.1) is 0 Å². The van der Waals surface area contributed by atoms with E-state index >= 15 is 0 Å². The Hall–Kier alpha value is -2.95. The molecule has 0 aliphatic heterocycles. The summed E-state index contributed by atoms with van der Waals surface area (Å²) < 4.78 is 0. The van der Waals surface area contributed by atoms with Gasteiger partial charge < -0.3 is 5.11 Å². The van der Waals surface area contributed by atoms with Gasteiger partial charge in [0.25, 0.3) is 0 Å². The number of aromatic nitrogens is 2. The van der Waals surface area contributed by atoms with Crippen molar-refractivity contribution >= 4 is 28.3 Å². The van der Waals surface area contributed by atoms with Crippen molar-refractivity contribution in [2.24, 2.45) is 10.9 Å². The number of carboxylic acid groups (broad SMARTS) is 1. The number of carboxylic acids is 1. The van der Waals surface area contributed by atoms with Gasteiger partial charge in [-0.1, -0.05) is 24.3 Å². The lowest BCUT2D eigenvalue weighted by atomic mass is 9.88. The first-order valence-corrected chi connectivity index (χ1v) is 9.03. The molecule has 26 heavy (non-hydrogen) atoms. The van der Waals surface area contributed by atoms with E-state index in [2.05, 4.69) is 16.3 Å². The van der Waals surface area contributed by atoms with Gasteiger partial charge in [0.05, 0.1) is 29.0 Å². The van der Waals surface area contributed by atoms with Crippen LogP contribution in [0.3, 0.4) is 0 Å². The highest BCUT2D eigenvalue weighted by atomic mass is 16.4. The van der Waals surface area contributed by atoms with E-state index in [0.29, 0.717) is 6.42 Å². The largest absolute Gasteiger partial charge is 0.481 e. The third-order valence-corrected chi connectivity index (χ3v) is 4.95. The van der Waals surface area contributed by atoms with E-state index in [-0.39, 0.29) is 0 Å². The maximum atomic E-state index is 11.2. The average Bonchev–Trinajstić information content (AvgIpc) is 3.15. The smallest absolute Gasteiger partial charge is 0.310 e. The summed E-state index contributed by atoms with van der Waals surface area (Å²) in [6.45, 7) is 0. The van der Waals surface area contributed by atoms with Crippen molar-refractivity contribution in [3.63, 3.8) is 0 Å². The Bertz CT molecular complexity index is 963. The molecule has 5 nitrogen and oxygen atoms in total. The molecule has 0 amide bonds. The number of hydrogen-bond acceptors (Lipinski definition) is 3. The Morgan fingerprint density at radius 2 is 2.19 bits per heavy atom. The molecule has 2 N–H and O–H groups in total. The number of carbonyl (C=O) groups is 1. The average molecular weight is 347 g/mol. The first-order valence-electron chi connectivity index (χ1n) is 9.03. The third-order valence-electron chi connectivity index (χ3n) is 4.95. The second kappa shape index (κ2) is 7.12. The van der Waals surface area contributed by atoms with Crippen LogP contribution < -0.4 is 0 Å². The number of allylic oxidation sites excluding steroid dienone is 5. The van der Waals surface area contributed by atoms with E-state index in [1.807, 2.05) is 30.4 Å². The van der Waals surface area contributed by atoms with Gasteiger partial charge in [-0.25, -0.2) is 4.99 Å². The van der Waals surface area contributed by atoms with E-state index in [9.17, 15) is 9.90 Å². The Morgan fingerprint density at radius 3 is 2.92 bits per heavy atom. The quantitative estimate of drug-likeness (QED) is 0.785. The highest BCUT2D eigenvalue weighted by Gasteiger charge is 2.20. The second-order valence-corrected chi connectivity index (χ2v) is 6.78. The monoisotopic (exact) mass is 347 g/mol. The maximum Gasteiger partial charge on any atom is 0.310 e. The number of aromatic amines is 1. The van der Waals surface area contributed by atoms with Crippen molar-refractivity contribution in [2.45, 2.75) is 32.1 Å². The van der Waals surface area contributed by atoms with Crippen molar-refractivity contribution in [2.75, 3.05) is 0 Å². The summed E-state index contributed by atoms with van der Waals surface area (Å²) in [4.78, 5) is 16.1. The summed E-state index contributed by atoms with van der Waals surface area (Å²) in [6.07, 6.45) is 14.7. The normalized spacial score (nSPS) is 20.8. The zero-order valence-electron chi connectivity index (χ0n) is 14.5. The van der Waals surface area contributed by atoms with Crippen LogP contribution in [0.15, 0.2) is 64.8 Å². The summed E-state index contributed by atoms with van der Waals surface area (Å²) in [7, 11) is 0. The molecule has 1 atom stereocenters. The van der Waals surface area contributed by atoms with Gasteiger partial charge in [0, 0.05) is 5.39 Å². The van der Waals surface area contributed by atoms with Gasteiger partial charge in [-0.3, -0.25) is 9.89 Å². The van der Waals surface area contributed by atoms with E-state index < -0.39 is 11.9 Å². The first kappa shape index (κ1) is 16.5. The molecule has 1 heterocycles. The topological polar surface area (TPSA) is 78.3 Å². The SMILES string of the molecule is O=C(O)C1C=CC(/C(=N/c2ccc3[nH]ncc3c2)C2=CCCCC2)=CC1. The number of fused-ring (bicyclic) bond motifs is 1. The fourth-order valence-corrected chi connectivity index (χ4v) is 3.48. The molecule has 0 saturated heterocycles. The van der Waals surface area contributed by atoms with E-state index in [1.54, 1.807) is 12.3 Å². The number of hydrogen-bond donors (Lipinski definition) is 2. The van der Waals surface area contributed by atoms with Gasteiger partial charge in [-0.05, 0) is 61.4 Å². The number of H-pyrrole nitrogens is 1. The Balaban J connectivity index is 1.72. The fraction of sp³-hybridized carbons (Fsp3) is 0.286. The van der Waals surface area contributed by atoms with Crippen LogP contribution in [0.4, 0.5) is 5.69 Å². The molecule has 132 valence electrons. The number of aliphatic imine (C=N–C) groups is 1. The lowest BCUT2D eigenvalue weighted by Crippen LogP contribution is -2.15. The van der Waals surface area contributed by atoms with Crippen LogP contribution >= 0.6 is 0 Å². The highest BCUT2D eigenvalue weighted by molar-refractivity contribution is 6.15. The highest BCUT2D eigenvalue weighted by Crippen LogP contribution is 2.29. The van der Waals surface area contributed by atoms with Crippen LogP contribution in [0.1, 0.15) is 32.1 Å². The molecule has 5 heteroatoms. The van der Waals surface area contributed by atoms with Gasteiger partial charge in [0.1, 0.15) is 0 Å². The number of rotatable bonds is 4. The molecule has 1 aromatic carbocycles.